The van der Waals surface area contributed by atoms with Crippen molar-refractivity contribution in [3.63, 3.8) is 0 Å². The number of hydrogen-bond acceptors (Lipinski definition) is 3. The summed E-state index contributed by atoms with van der Waals surface area (Å²) >= 11 is 0. The summed E-state index contributed by atoms with van der Waals surface area (Å²) in [6, 6.07) is 1.82. The van der Waals surface area contributed by atoms with Gasteiger partial charge in [-0.15, -0.1) is 0 Å². The van der Waals surface area contributed by atoms with Crippen molar-refractivity contribution in [3.05, 3.63) is 11.8 Å². The van der Waals surface area contributed by atoms with Crippen molar-refractivity contribution in [3.8, 4) is 6.07 Å². The Morgan fingerprint density at radius 2 is 2.31 bits per heavy atom. The van der Waals surface area contributed by atoms with E-state index in [0.717, 1.165) is 12.8 Å². The summed E-state index contributed by atoms with van der Waals surface area (Å²) in [5.41, 5.74) is 0.110. The summed E-state index contributed by atoms with van der Waals surface area (Å²) in [4.78, 5) is 11.2. The Balaban J connectivity index is 3.95. The van der Waals surface area contributed by atoms with Crippen LogP contribution in [0.1, 0.15) is 19.8 Å². The van der Waals surface area contributed by atoms with Gasteiger partial charge in [0.2, 0.25) is 0 Å². The Bertz CT molecular complexity index is 228. The average Bonchev–Trinajstić information content (AvgIpc) is 2.14. The van der Waals surface area contributed by atoms with E-state index < -0.39 is 0 Å². The smallest absolute Gasteiger partial charge is 0.263 e. The second kappa shape index (κ2) is 7.17. The fraction of sp³-hybridized carbons (Fsp3) is 0.556. The van der Waals surface area contributed by atoms with Gasteiger partial charge in [-0.25, -0.2) is 0 Å². The van der Waals surface area contributed by atoms with E-state index in [9.17, 15) is 4.79 Å². The summed E-state index contributed by atoms with van der Waals surface area (Å²) in [5, 5.41) is 13.9. The van der Waals surface area contributed by atoms with Gasteiger partial charge in [-0.1, -0.05) is 13.3 Å². The highest BCUT2D eigenvalue weighted by Gasteiger charge is 2.06. The molecule has 0 aliphatic rings. The molecule has 4 heteroatoms. The van der Waals surface area contributed by atoms with Crippen molar-refractivity contribution in [2.45, 2.75) is 19.8 Å². The van der Waals surface area contributed by atoms with Crippen LogP contribution in [0.15, 0.2) is 11.8 Å². The predicted octanol–water partition coefficient (Wildman–Crippen LogP) is 0.530. The van der Waals surface area contributed by atoms with Gasteiger partial charge in [0.1, 0.15) is 11.6 Å². The first-order valence-electron chi connectivity index (χ1n) is 4.32. The normalized spacial score (nSPS) is 10.4. The number of hydrogen-bond donors (Lipinski definition) is 2. The Labute approximate surface area is 78.6 Å². The second-order valence-electron chi connectivity index (χ2n) is 2.57. The van der Waals surface area contributed by atoms with E-state index in [1.807, 2.05) is 13.0 Å². The van der Waals surface area contributed by atoms with E-state index >= 15 is 0 Å². The Kier molecular flexibility index (Phi) is 6.34. The number of nitriles is 1. The topological polar surface area (TPSA) is 64.9 Å². The molecule has 4 nitrogen and oxygen atoms in total. The van der Waals surface area contributed by atoms with Crippen molar-refractivity contribution in [1.82, 2.24) is 10.6 Å². The SMILES string of the molecule is CCCCNC(=O)/C(C#N)=C\NC. The number of carbonyl (C=O) groups excluding carboxylic acids is 1. The molecule has 0 saturated carbocycles. The first-order valence-corrected chi connectivity index (χ1v) is 4.32. The van der Waals surface area contributed by atoms with Crippen molar-refractivity contribution in [2.75, 3.05) is 13.6 Å². The van der Waals surface area contributed by atoms with E-state index in [1.165, 1.54) is 6.20 Å². The maximum atomic E-state index is 11.2. The van der Waals surface area contributed by atoms with Crippen molar-refractivity contribution < 1.29 is 4.79 Å². The first-order chi connectivity index (χ1) is 6.26. The van der Waals surface area contributed by atoms with Gasteiger partial charge in [0.05, 0.1) is 0 Å². The summed E-state index contributed by atoms with van der Waals surface area (Å²) in [7, 11) is 1.65. The average molecular weight is 181 g/mol. The number of unbranched alkanes of at least 4 members (excludes halogenated alkanes) is 1. The number of nitrogens with one attached hydrogen (secondary N) is 2. The van der Waals surface area contributed by atoms with Crippen LogP contribution in [-0.2, 0) is 4.79 Å². The molecule has 0 aromatic carbocycles. The quantitative estimate of drug-likeness (QED) is 0.369. The van der Waals surface area contributed by atoms with Crippen LogP contribution in [0.25, 0.3) is 0 Å². The van der Waals surface area contributed by atoms with Crippen molar-refractivity contribution >= 4 is 5.91 Å². The number of amides is 1. The monoisotopic (exact) mass is 181 g/mol. The van der Waals surface area contributed by atoms with E-state index in [2.05, 4.69) is 10.6 Å². The van der Waals surface area contributed by atoms with Gasteiger partial charge in [-0.3, -0.25) is 4.79 Å². The van der Waals surface area contributed by atoms with Crippen LogP contribution in [0.2, 0.25) is 0 Å². The molecule has 0 saturated heterocycles. The first kappa shape index (κ1) is 11.5. The van der Waals surface area contributed by atoms with E-state index in [0.29, 0.717) is 6.54 Å². The molecule has 0 bridgehead atoms. The maximum Gasteiger partial charge on any atom is 0.263 e. The van der Waals surface area contributed by atoms with E-state index in [4.69, 9.17) is 5.26 Å². The van der Waals surface area contributed by atoms with Crippen LogP contribution < -0.4 is 10.6 Å². The van der Waals surface area contributed by atoms with E-state index in [1.54, 1.807) is 7.05 Å². The fourth-order valence-electron chi connectivity index (χ4n) is 0.767. The molecule has 0 aliphatic carbocycles. The van der Waals surface area contributed by atoms with Crippen LogP contribution in [0.5, 0.6) is 0 Å². The fourth-order valence-corrected chi connectivity index (χ4v) is 0.767. The second-order valence-corrected chi connectivity index (χ2v) is 2.57. The third kappa shape index (κ3) is 4.86. The van der Waals surface area contributed by atoms with Crippen LogP contribution in [-0.4, -0.2) is 19.5 Å². The summed E-state index contributed by atoms with van der Waals surface area (Å²) in [6.45, 7) is 2.67. The molecular formula is C9H15N3O. The van der Waals surface area contributed by atoms with E-state index in [-0.39, 0.29) is 11.5 Å². The van der Waals surface area contributed by atoms with Gasteiger partial charge in [-0.2, -0.15) is 5.26 Å². The van der Waals surface area contributed by atoms with Gasteiger partial charge in [-0.05, 0) is 6.42 Å². The lowest BCUT2D eigenvalue weighted by atomic mass is 10.3. The highest BCUT2D eigenvalue weighted by Crippen LogP contribution is 1.90. The highest BCUT2D eigenvalue weighted by atomic mass is 16.1. The Hall–Kier alpha value is -1.50. The van der Waals surface area contributed by atoms with Crippen LogP contribution >= 0.6 is 0 Å². The minimum atomic E-state index is -0.315. The molecule has 0 radical (unpaired) electrons. The molecule has 0 atom stereocenters. The summed E-state index contributed by atoms with van der Waals surface area (Å²) in [6.07, 6.45) is 3.35. The van der Waals surface area contributed by atoms with Crippen LogP contribution in [0.4, 0.5) is 0 Å². The van der Waals surface area contributed by atoms with Gasteiger partial charge in [0, 0.05) is 19.8 Å². The van der Waals surface area contributed by atoms with Gasteiger partial charge in [0.15, 0.2) is 0 Å². The molecule has 0 heterocycles. The van der Waals surface area contributed by atoms with Crippen molar-refractivity contribution in [1.29, 1.82) is 5.26 Å². The number of nitrogens with zero attached hydrogens (tertiary/aromatic N) is 1. The zero-order valence-electron chi connectivity index (χ0n) is 8.05. The molecule has 0 fully saturated rings. The molecule has 72 valence electrons. The molecule has 0 unspecified atom stereocenters. The van der Waals surface area contributed by atoms with Gasteiger partial charge in [0.25, 0.3) is 5.91 Å². The largest absolute Gasteiger partial charge is 0.393 e. The lowest BCUT2D eigenvalue weighted by Crippen LogP contribution is -2.26. The molecule has 0 spiro atoms. The molecule has 1 amide bonds. The zero-order valence-corrected chi connectivity index (χ0v) is 8.05. The number of rotatable bonds is 5. The Morgan fingerprint density at radius 3 is 2.77 bits per heavy atom. The highest BCUT2D eigenvalue weighted by molar-refractivity contribution is 5.97. The third-order valence-corrected chi connectivity index (χ3v) is 1.47. The van der Waals surface area contributed by atoms with Crippen LogP contribution in [0.3, 0.4) is 0 Å². The summed E-state index contributed by atoms with van der Waals surface area (Å²) < 4.78 is 0. The molecule has 0 aromatic heterocycles. The third-order valence-electron chi connectivity index (χ3n) is 1.47. The number of carbonyl (C=O) groups is 1. The molecule has 2 N–H and O–H groups in total. The molecule has 0 aromatic rings. The lowest BCUT2D eigenvalue weighted by molar-refractivity contribution is -0.117. The van der Waals surface area contributed by atoms with Gasteiger partial charge < -0.3 is 10.6 Å². The molecular weight excluding hydrogens is 166 g/mol. The molecule has 0 rings (SSSR count). The zero-order chi connectivity index (χ0) is 10.1. The lowest BCUT2D eigenvalue weighted by Gasteiger charge is -2.01. The maximum absolute atomic E-state index is 11.2. The minimum absolute atomic E-state index is 0.110. The van der Waals surface area contributed by atoms with Crippen LogP contribution in [0, 0.1) is 11.3 Å². The summed E-state index contributed by atoms with van der Waals surface area (Å²) in [5.74, 6) is -0.315. The van der Waals surface area contributed by atoms with Gasteiger partial charge >= 0.3 is 0 Å². The predicted molar refractivity (Wildman–Crippen MR) is 50.7 cm³/mol. The van der Waals surface area contributed by atoms with Crippen molar-refractivity contribution in [2.24, 2.45) is 0 Å². The molecule has 13 heavy (non-hydrogen) atoms. The Morgan fingerprint density at radius 1 is 1.62 bits per heavy atom. The molecule has 0 aliphatic heterocycles. The standard InChI is InChI=1S/C9H15N3O/c1-3-4-5-12-9(13)8(6-10)7-11-2/h7,11H,3-5H2,1-2H3,(H,12,13)/b8-7-. The minimum Gasteiger partial charge on any atom is -0.393 e.